The topological polar surface area (TPSA) is 47.3 Å². The second-order valence-corrected chi connectivity index (χ2v) is 4.99. The molecule has 3 heteroatoms. The summed E-state index contributed by atoms with van der Waals surface area (Å²) in [6.45, 7) is 5.98. The molecule has 0 saturated carbocycles. The van der Waals surface area contributed by atoms with Crippen LogP contribution in [-0.4, -0.2) is 12.2 Å². The number of nitrogens with zero attached hydrogens (tertiary/aromatic N) is 2. The fourth-order valence-corrected chi connectivity index (χ4v) is 2.06. The van der Waals surface area contributed by atoms with E-state index in [9.17, 15) is 5.11 Å². The summed E-state index contributed by atoms with van der Waals surface area (Å²) in [6.07, 6.45) is 0. The van der Waals surface area contributed by atoms with Crippen molar-refractivity contribution in [2.45, 2.75) is 12.8 Å². The first-order chi connectivity index (χ1) is 10.0. The molecule has 2 aromatic rings. The molecule has 0 bridgehead atoms. The van der Waals surface area contributed by atoms with E-state index in [0.29, 0.717) is 0 Å². The molecule has 2 aromatic carbocycles. The summed E-state index contributed by atoms with van der Waals surface area (Å²) in [5, 5.41) is 18.3. The van der Waals surface area contributed by atoms with Crippen LogP contribution in [0.1, 0.15) is 24.0 Å². The number of phenolic OH excluding ortho intramolecular Hbond substituents is 1. The zero-order chi connectivity index (χ0) is 15.4. The lowest BCUT2D eigenvalue weighted by Crippen LogP contribution is -2.14. The Kier molecular flexibility index (Phi) is 4.30. The number of aromatic hydroxyl groups is 1. The molecule has 1 N–H and O–H groups in total. The molecule has 0 radical (unpaired) electrons. The summed E-state index contributed by atoms with van der Waals surface area (Å²) < 4.78 is 0. The van der Waals surface area contributed by atoms with Crippen LogP contribution in [0.5, 0.6) is 5.75 Å². The first kappa shape index (κ1) is 14.7. The monoisotopic (exact) mass is 278 g/mol. The predicted octanol–water partition coefficient (Wildman–Crippen LogP) is 4.13. The minimum atomic E-state index is -0.107. The van der Waals surface area contributed by atoms with Gasteiger partial charge in [0.25, 0.3) is 0 Å². The van der Waals surface area contributed by atoms with Crippen molar-refractivity contribution in [3.05, 3.63) is 66.2 Å². The number of benzene rings is 2. The second kappa shape index (κ2) is 6.15. The first-order valence-corrected chi connectivity index (χ1v) is 6.74. The molecule has 0 amide bonds. The molecule has 0 aliphatic carbocycles. The van der Waals surface area contributed by atoms with Crippen LogP contribution in [0.4, 0.5) is 5.69 Å². The minimum absolute atomic E-state index is 0.107. The average Bonchev–Trinajstić information content (AvgIpc) is 2.53. The normalized spacial score (nSPS) is 11.5. The number of anilines is 1. The van der Waals surface area contributed by atoms with Gasteiger partial charge >= 0.3 is 0 Å². The highest BCUT2D eigenvalue weighted by Crippen LogP contribution is 2.26. The maximum atomic E-state index is 9.33. The van der Waals surface area contributed by atoms with Crippen molar-refractivity contribution in [1.82, 2.24) is 0 Å². The molecule has 2 rings (SSSR count). The molecule has 0 aromatic heterocycles. The maximum absolute atomic E-state index is 9.33. The Hall–Kier alpha value is -2.73. The highest BCUT2D eigenvalue weighted by atomic mass is 16.3. The van der Waals surface area contributed by atoms with Gasteiger partial charge in [0.05, 0.1) is 12.0 Å². The Morgan fingerprint density at radius 2 is 1.71 bits per heavy atom. The first-order valence-electron chi connectivity index (χ1n) is 6.74. The van der Waals surface area contributed by atoms with Gasteiger partial charge < -0.3 is 10.0 Å². The van der Waals surface area contributed by atoms with Gasteiger partial charge in [0, 0.05) is 18.4 Å². The maximum Gasteiger partial charge on any atom is 0.115 e. The minimum Gasteiger partial charge on any atom is -0.508 e. The number of phenols is 1. The molecule has 1 unspecified atom stereocenters. The molecule has 0 heterocycles. The molecule has 3 nitrogen and oxygen atoms in total. The SMILES string of the molecule is C=C(c1ccc(O)cc1)N(C)c1ccc(C(C)C#N)cc1. The zero-order valence-corrected chi connectivity index (χ0v) is 12.2. The van der Waals surface area contributed by atoms with Crippen molar-refractivity contribution in [1.29, 1.82) is 5.26 Å². The lowest BCUT2D eigenvalue weighted by atomic mass is 10.0. The molecule has 21 heavy (non-hydrogen) atoms. The molecule has 0 spiro atoms. The van der Waals surface area contributed by atoms with E-state index >= 15 is 0 Å². The summed E-state index contributed by atoms with van der Waals surface area (Å²) in [7, 11) is 1.94. The van der Waals surface area contributed by atoms with Gasteiger partial charge in [-0.1, -0.05) is 18.7 Å². The highest BCUT2D eigenvalue weighted by molar-refractivity contribution is 5.77. The van der Waals surface area contributed by atoms with E-state index in [1.54, 1.807) is 12.1 Å². The van der Waals surface area contributed by atoms with E-state index in [-0.39, 0.29) is 11.7 Å². The lowest BCUT2D eigenvalue weighted by molar-refractivity contribution is 0.475. The Morgan fingerprint density at radius 3 is 2.24 bits per heavy atom. The lowest BCUT2D eigenvalue weighted by Gasteiger charge is -2.22. The summed E-state index contributed by atoms with van der Waals surface area (Å²) >= 11 is 0. The van der Waals surface area contributed by atoms with Gasteiger partial charge in [-0.05, 0) is 54.4 Å². The van der Waals surface area contributed by atoms with Gasteiger partial charge in [0.2, 0.25) is 0 Å². The van der Waals surface area contributed by atoms with E-state index in [2.05, 4.69) is 12.6 Å². The third-order valence-electron chi connectivity index (χ3n) is 3.58. The Bertz CT molecular complexity index is 666. The largest absolute Gasteiger partial charge is 0.508 e. The van der Waals surface area contributed by atoms with Crippen LogP contribution in [0.3, 0.4) is 0 Å². The summed E-state index contributed by atoms with van der Waals surface area (Å²) in [4.78, 5) is 1.98. The van der Waals surface area contributed by atoms with Crippen molar-refractivity contribution < 1.29 is 5.11 Å². The van der Waals surface area contributed by atoms with E-state index in [1.165, 1.54) is 0 Å². The van der Waals surface area contributed by atoms with Gasteiger partial charge in [0.1, 0.15) is 5.75 Å². The number of rotatable bonds is 4. The van der Waals surface area contributed by atoms with Crippen molar-refractivity contribution in [3.8, 4) is 11.8 Å². The quantitative estimate of drug-likeness (QED) is 0.914. The van der Waals surface area contributed by atoms with Crippen LogP contribution >= 0.6 is 0 Å². The molecule has 0 aliphatic heterocycles. The van der Waals surface area contributed by atoms with Crippen LogP contribution < -0.4 is 4.90 Å². The standard InChI is InChI=1S/C18H18N2O/c1-13(12-19)15-4-8-17(9-5-15)20(3)14(2)16-6-10-18(21)11-7-16/h4-11,13,21H,2H2,1,3H3. The van der Waals surface area contributed by atoms with Crippen molar-refractivity contribution in [2.75, 3.05) is 11.9 Å². The highest BCUT2D eigenvalue weighted by Gasteiger charge is 2.09. The predicted molar refractivity (Wildman–Crippen MR) is 86.0 cm³/mol. The van der Waals surface area contributed by atoms with E-state index < -0.39 is 0 Å². The Morgan fingerprint density at radius 1 is 1.14 bits per heavy atom. The van der Waals surface area contributed by atoms with Crippen LogP contribution in [-0.2, 0) is 0 Å². The van der Waals surface area contributed by atoms with Gasteiger partial charge in [0.15, 0.2) is 0 Å². The van der Waals surface area contributed by atoms with Crippen LogP contribution in [0.2, 0.25) is 0 Å². The molecule has 1 atom stereocenters. The average molecular weight is 278 g/mol. The smallest absolute Gasteiger partial charge is 0.115 e. The second-order valence-electron chi connectivity index (χ2n) is 4.99. The van der Waals surface area contributed by atoms with Crippen molar-refractivity contribution >= 4 is 11.4 Å². The molecule has 106 valence electrons. The van der Waals surface area contributed by atoms with Crippen LogP contribution in [0.25, 0.3) is 5.70 Å². The van der Waals surface area contributed by atoms with Crippen molar-refractivity contribution in [3.63, 3.8) is 0 Å². The third-order valence-corrected chi connectivity index (χ3v) is 3.58. The third kappa shape index (κ3) is 3.24. The van der Waals surface area contributed by atoms with E-state index in [0.717, 1.165) is 22.5 Å². The summed E-state index contributed by atoms with van der Waals surface area (Å²) in [6, 6.07) is 17.1. The van der Waals surface area contributed by atoms with Crippen LogP contribution in [0, 0.1) is 11.3 Å². The summed E-state index contributed by atoms with van der Waals surface area (Å²) in [5.41, 5.74) is 3.80. The van der Waals surface area contributed by atoms with Crippen molar-refractivity contribution in [2.24, 2.45) is 0 Å². The zero-order valence-electron chi connectivity index (χ0n) is 12.2. The van der Waals surface area contributed by atoms with Gasteiger partial charge in [-0.25, -0.2) is 0 Å². The molecular formula is C18H18N2O. The number of hydrogen-bond donors (Lipinski definition) is 1. The molecular weight excluding hydrogens is 260 g/mol. The Labute approximate surface area is 125 Å². The van der Waals surface area contributed by atoms with Gasteiger partial charge in [-0.15, -0.1) is 0 Å². The van der Waals surface area contributed by atoms with E-state index in [4.69, 9.17) is 5.26 Å². The number of hydrogen-bond acceptors (Lipinski definition) is 3. The molecule has 0 saturated heterocycles. The summed E-state index contributed by atoms with van der Waals surface area (Å²) in [5.74, 6) is 0.133. The van der Waals surface area contributed by atoms with Gasteiger partial charge in [-0.2, -0.15) is 5.26 Å². The van der Waals surface area contributed by atoms with Gasteiger partial charge in [-0.3, -0.25) is 0 Å². The number of nitriles is 1. The van der Waals surface area contributed by atoms with Crippen LogP contribution in [0.15, 0.2) is 55.1 Å². The fraction of sp³-hybridized carbons (Fsp3) is 0.167. The Balaban J connectivity index is 2.19. The van der Waals surface area contributed by atoms with E-state index in [1.807, 2.05) is 55.3 Å². The molecule has 0 aliphatic rings. The fourth-order valence-electron chi connectivity index (χ4n) is 2.06. The molecule has 0 fully saturated rings.